The molecule has 2 atom stereocenters. The lowest BCUT2D eigenvalue weighted by molar-refractivity contribution is 0.680. The number of benzene rings is 3. The summed E-state index contributed by atoms with van der Waals surface area (Å²) < 4.78 is 24.8. The summed E-state index contributed by atoms with van der Waals surface area (Å²) in [6.45, 7) is 0. The van der Waals surface area contributed by atoms with E-state index in [0.717, 1.165) is 20.9 Å². The van der Waals surface area contributed by atoms with Gasteiger partial charge in [-0.05, 0) is 35.4 Å². The Morgan fingerprint density at radius 3 is 1.17 bits per heavy atom. The summed E-state index contributed by atoms with van der Waals surface area (Å²) >= 11 is 0. The van der Waals surface area contributed by atoms with Gasteiger partial charge in [-0.3, -0.25) is 8.42 Å². The van der Waals surface area contributed by atoms with Gasteiger partial charge in [0.05, 0.1) is 33.1 Å². The first-order valence-corrected chi connectivity index (χ1v) is 10.3. The van der Waals surface area contributed by atoms with E-state index in [9.17, 15) is 8.42 Å². The number of hydrogen-bond donors (Lipinski definition) is 0. The van der Waals surface area contributed by atoms with Crippen LogP contribution in [-0.2, 0) is 33.1 Å². The van der Waals surface area contributed by atoms with Crippen molar-refractivity contribution in [2.24, 2.45) is 0 Å². The average Bonchev–Trinajstić information content (AvgIpc) is 2.63. The predicted molar refractivity (Wildman–Crippen MR) is 99.6 cm³/mol. The molecule has 24 heavy (non-hydrogen) atoms. The molecule has 0 heterocycles. The van der Waals surface area contributed by atoms with Crippen molar-refractivity contribution in [1.29, 1.82) is 0 Å². The minimum atomic E-state index is -1.09. The van der Waals surface area contributed by atoms with E-state index < -0.39 is 21.6 Å². The molecule has 0 aliphatic heterocycles. The van der Waals surface area contributed by atoms with Crippen molar-refractivity contribution >= 4 is 21.6 Å². The van der Waals surface area contributed by atoms with Crippen LogP contribution in [0.5, 0.6) is 0 Å². The van der Waals surface area contributed by atoms with Crippen molar-refractivity contribution in [1.82, 2.24) is 0 Å². The molecular formula is C20H18O2S2. The van der Waals surface area contributed by atoms with E-state index in [-0.39, 0.29) is 0 Å². The molecule has 2 unspecified atom stereocenters. The third-order valence-corrected chi connectivity index (χ3v) is 6.42. The van der Waals surface area contributed by atoms with E-state index in [4.69, 9.17) is 0 Å². The van der Waals surface area contributed by atoms with Crippen LogP contribution < -0.4 is 0 Å². The molecule has 0 aromatic heterocycles. The highest BCUT2D eigenvalue weighted by molar-refractivity contribution is 7.84. The van der Waals surface area contributed by atoms with Crippen LogP contribution in [0.15, 0.2) is 94.7 Å². The van der Waals surface area contributed by atoms with Gasteiger partial charge in [0.15, 0.2) is 0 Å². The molecule has 2 nitrogen and oxygen atoms in total. The third kappa shape index (κ3) is 4.49. The molecule has 122 valence electrons. The quantitative estimate of drug-likeness (QED) is 0.661. The fourth-order valence-corrected chi connectivity index (χ4v) is 4.56. The van der Waals surface area contributed by atoms with E-state index in [1.165, 1.54) is 0 Å². The Hall–Kier alpha value is -2.04. The highest BCUT2D eigenvalue weighted by atomic mass is 32.2. The summed E-state index contributed by atoms with van der Waals surface area (Å²) in [4.78, 5) is 1.53. The van der Waals surface area contributed by atoms with Crippen LogP contribution in [0.1, 0.15) is 11.1 Å². The summed E-state index contributed by atoms with van der Waals surface area (Å²) in [7, 11) is -2.19. The molecule has 3 aromatic carbocycles. The Bertz CT molecular complexity index is 756. The maximum Gasteiger partial charge on any atom is 0.0574 e. The lowest BCUT2D eigenvalue weighted by Crippen LogP contribution is -1.99. The molecular weight excluding hydrogens is 336 g/mol. The van der Waals surface area contributed by atoms with Gasteiger partial charge < -0.3 is 0 Å². The maximum absolute atomic E-state index is 12.4. The second kappa shape index (κ2) is 8.18. The summed E-state index contributed by atoms with van der Waals surface area (Å²) in [5.74, 6) is 0.987. The van der Waals surface area contributed by atoms with Gasteiger partial charge in [0.25, 0.3) is 0 Å². The first-order valence-electron chi connectivity index (χ1n) is 7.67. The minimum Gasteiger partial charge on any atom is -0.254 e. The Labute approximate surface area is 147 Å². The molecule has 0 aliphatic carbocycles. The molecule has 0 bridgehead atoms. The first-order chi connectivity index (χ1) is 11.7. The van der Waals surface area contributed by atoms with Gasteiger partial charge >= 0.3 is 0 Å². The highest BCUT2D eigenvalue weighted by Gasteiger charge is 2.08. The Morgan fingerprint density at radius 1 is 0.500 bits per heavy atom. The maximum atomic E-state index is 12.4. The SMILES string of the molecule is O=S(Cc1ccccc1)c1ccc(S(=O)Cc2ccccc2)cc1. The molecule has 0 saturated heterocycles. The zero-order valence-corrected chi connectivity index (χ0v) is 14.8. The van der Waals surface area contributed by atoms with Crippen LogP contribution in [0.4, 0.5) is 0 Å². The average molecular weight is 354 g/mol. The van der Waals surface area contributed by atoms with Crippen LogP contribution in [-0.4, -0.2) is 8.42 Å². The molecule has 0 fully saturated rings. The summed E-state index contributed by atoms with van der Waals surface area (Å²) in [5, 5.41) is 0. The topological polar surface area (TPSA) is 34.1 Å². The fourth-order valence-electron chi connectivity index (χ4n) is 2.36. The van der Waals surface area contributed by atoms with E-state index in [2.05, 4.69) is 0 Å². The molecule has 0 aliphatic rings. The van der Waals surface area contributed by atoms with E-state index in [0.29, 0.717) is 11.5 Å². The monoisotopic (exact) mass is 354 g/mol. The van der Waals surface area contributed by atoms with E-state index in [1.54, 1.807) is 0 Å². The van der Waals surface area contributed by atoms with Crippen LogP contribution >= 0.6 is 0 Å². The molecule has 0 spiro atoms. The van der Waals surface area contributed by atoms with Crippen LogP contribution in [0.25, 0.3) is 0 Å². The molecule has 3 rings (SSSR count). The fraction of sp³-hybridized carbons (Fsp3) is 0.100. The Kier molecular flexibility index (Phi) is 5.72. The lowest BCUT2D eigenvalue weighted by atomic mass is 10.2. The van der Waals surface area contributed by atoms with Gasteiger partial charge in [0.1, 0.15) is 0 Å². The van der Waals surface area contributed by atoms with Crippen molar-refractivity contribution in [3.05, 3.63) is 96.1 Å². The molecule has 0 N–H and O–H groups in total. The van der Waals surface area contributed by atoms with Gasteiger partial charge in [-0.2, -0.15) is 0 Å². The lowest BCUT2D eigenvalue weighted by Gasteiger charge is -2.06. The van der Waals surface area contributed by atoms with Crippen LogP contribution in [0.2, 0.25) is 0 Å². The smallest absolute Gasteiger partial charge is 0.0574 e. The van der Waals surface area contributed by atoms with E-state index in [1.807, 2.05) is 84.9 Å². The summed E-state index contributed by atoms with van der Waals surface area (Å²) in [5.41, 5.74) is 2.10. The number of rotatable bonds is 6. The van der Waals surface area contributed by atoms with Gasteiger partial charge in [0, 0.05) is 9.79 Å². The Balaban J connectivity index is 1.66. The van der Waals surface area contributed by atoms with Gasteiger partial charge in [0.2, 0.25) is 0 Å². The van der Waals surface area contributed by atoms with E-state index >= 15 is 0 Å². The van der Waals surface area contributed by atoms with Gasteiger partial charge in [-0.15, -0.1) is 0 Å². The van der Waals surface area contributed by atoms with Gasteiger partial charge in [-0.25, -0.2) is 0 Å². The standard InChI is InChI=1S/C20H18O2S2/c21-23(15-17-7-3-1-4-8-17)19-11-13-20(14-12-19)24(22)16-18-9-5-2-6-10-18/h1-14H,15-16H2. The van der Waals surface area contributed by atoms with Crippen molar-refractivity contribution in [2.45, 2.75) is 21.3 Å². The number of hydrogen-bond acceptors (Lipinski definition) is 2. The third-order valence-electron chi connectivity index (χ3n) is 3.63. The summed E-state index contributed by atoms with van der Waals surface area (Å²) in [6.07, 6.45) is 0. The van der Waals surface area contributed by atoms with Crippen molar-refractivity contribution < 1.29 is 8.42 Å². The van der Waals surface area contributed by atoms with Crippen LogP contribution in [0, 0.1) is 0 Å². The van der Waals surface area contributed by atoms with Crippen LogP contribution in [0.3, 0.4) is 0 Å². The molecule has 3 aromatic rings. The zero-order chi connectivity index (χ0) is 16.8. The van der Waals surface area contributed by atoms with Crippen molar-refractivity contribution in [3.8, 4) is 0 Å². The second-order valence-corrected chi connectivity index (χ2v) is 8.32. The summed E-state index contributed by atoms with van der Waals surface area (Å²) in [6, 6.07) is 26.8. The largest absolute Gasteiger partial charge is 0.254 e. The normalized spacial score (nSPS) is 13.3. The highest BCUT2D eigenvalue weighted by Crippen LogP contribution is 2.17. The zero-order valence-electron chi connectivity index (χ0n) is 13.1. The van der Waals surface area contributed by atoms with Crippen molar-refractivity contribution in [2.75, 3.05) is 0 Å². The Morgan fingerprint density at radius 2 is 0.833 bits per heavy atom. The first kappa shape index (κ1) is 16.8. The molecule has 4 heteroatoms. The minimum absolute atomic E-state index is 0.493. The van der Waals surface area contributed by atoms with Gasteiger partial charge in [-0.1, -0.05) is 60.7 Å². The predicted octanol–water partition coefficient (Wildman–Crippen LogP) is 4.30. The van der Waals surface area contributed by atoms with Crippen molar-refractivity contribution in [3.63, 3.8) is 0 Å². The molecule has 0 saturated carbocycles. The molecule has 0 amide bonds. The second-order valence-electron chi connectivity index (χ2n) is 5.42. The molecule has 0 radical (unpaired) electrons.